The van der Waals surface area contributed by atoms with E-state index in [2.05, 4.69) is 16.9 Å². The summed E-state index contributed by atoms with van der Waals surface area (Å²) in [5.74, 6) is 0.252. The van der Waals surface area contributed by atoms with Crippen molar-refractivity contribution in [2.45, 2.75) is 19.4 Å². The van der Waals surface area contributed by atoms with Crippen molar-refractivity contribution < 1.29 is 0 Å². The number of nitrogens with two attached hydrogens (primary N) is 1. The zero-order valence-electron chi connectivity index (χ0n) is 9.57. The first-order chi connectivity index (χ1) is 7.06. The molecule has 0 amide bonds. The molecule has 1 heterocycles. The van der Waals surface area contributed by atoms with Gasteiger partial charge in [0.15, 0.2) is 0 Å². The Balaban J connectivity index is 2.79. The summed E-state index contributed by atoms with van der Waals surface area (Å²) >= 11 is 6.08. The number of hydrogen-bond acceptors (Lipinski definition) is 3. The van der Waals surface area contributed by atoms with Gasteiger partial charge in [-0.15, -0.1) is 0 Å². The topological polar surface area (TPSA) is 47.1 Å². The van der Waals surface area contributed by atoms with Crippen LogP contribution in [0.4, 0.5) is 0 Å². The van der Waals surface area contributed by atoms with E-state index >= 15 is 0 Å². The molecule has 4 nitrogen and oxygen atoms in total. The van der Waals surface area contributed by atoms with Crippen molar-refractivity contribution in [2.75, 3.05) is 27.2 Å². The van der Waals surface area contributed by atoms with E-state index in [0.717, 1.165) is 18.8 Å². The molecule has 15 heavy (non-hydrogen) atoms. The molecule has 0 aliphatic heterocycles. The van der Waals surface area contributed by atoms with E-state index in [1.807, 2.05) is 18.8 Å². The zero-order chi connectivity index (χ0) is 11.4. The minimum Gasteiger partial charge on any atom is -0.330 e. The molecule has 5 heteroatoms. The molecule has 0 bridgehead atoms. The Kier molecular flexibility index (Phi) is 4.57. The molecule has 0 aliphatic carbocycles. The molecular formula is C10H19ClN4. The SMILES string of the molecule is CC(CN)c1c(Cl)cnn1CCN(C)C. The Bertz CT molecular complexity index is 308. The molecule has 1 aromatic rings. The maximum absolute atomic E-state index is 6.08. The van der Waals surface area contributed by atoms with E-state index in [0.29, 0.717) is 11.6 Å². The fourth-order valence-corrected chi connectivity index (χ4v) is 1.77. The maximum atomic E-state index is 6.08. The third-order valence-electron chi connectivity index (χ3n) is 2.41. The summed E-state index contributed by atoms with van der Waals surface area (Å²) in [6, 6.07) is 0. The van der Waals surface area contributed by atoms with E-state index < -0.39 is 0 Å². The minimum absolute atomic E-state index is 0.252. The number of likely N-dealkylation sites (N-methyl/N-ethyl adjacent to an activating group) is 1. The van der Waals surface area contributed by atoms with Gasteiger partial charge in [0, 0.05) is 19.0 Å². The molecular weight excluding hydrogens is 212 g/mol. The van der Waals surface area contributed by atoms with Crippen LogP contribution in [0.15, 0.2) is 6.20 Å². The monoisotopic (exact) mass is 230 g/mol. The first-order valence-corrected chi connectivity index (χ1v) is 5.50. The Hall–Kier alpha value is -0.580. The lowest BCUT2D eigenvalue weighted by atomic mass is 10.1. The third-order valence-corrected chi connectivity index (χ3v) is 2.70. The minimum atomic E-state index is 0.252. The molecule has 86 valence electrons. The van der Waals surface area contributed by atoms with Crippen LogP contribution in [0.3, 0.4) is 0 Å². The van der Waals surface area contributed by atoms with Gasteiger partial charge in [0.05, 0.1) is 23.5 Å². The molecule has 0 fully saturated rings. The van der Waals surface area contributed by atoms with E-state index in [1.54, 1.807) is 6.20 Å². The van der Waals surface area contributed by atoms with Crippen molar-refractivity contribution in [1.29, 1.82) is 0 Å². The predicted molar refractivity (Wildman–Crippen MR) is 63.3 cm³/mol. The number of aromatic nitrogens is 2. The highest BCUT2D eigenvalue weighted by Gasteiger charge is 2.14. The van der Waals surface area contributed by atoms with Gasteiger partial charge in [-0.25, -0.2) is 0 Å². The van der Waals surface area contributed by atoms with Crippen molar-refractivity contribution in [1.82, 2.24) is 14.7 Å². The lowest BCUT2D eigenvalue weighted by Crippen LogP contribution is -2.22. The van der Waals surface area contributed by atoms with Crippen molar-refractivity contribution in [3.8, 4) is 0 Å². The Morgan fingerprint density at radius 2 is 2.27 bits per heavy atom. The molecule has 0 aliphatic rings. The van der Waals surface area contributed by atoms with E-state index in [4.69, 9.17) is 17.3 Å². The second kappa shape index (κ2) is 5.49. The van der Waals surface area contributed by atoms with Crippen LogP contribution in [0, 0.1) is 0 Å². The van der Waals surface area contributed by atoms with Gasteiger partial charge in [0.2, 0.25) is 0 Å². The fourth-order valence-electron chi connectivity index (χ4n) is 1.45. The molecule has 0 aromatic carbocycles. The smallest absolute Gasteiger partial charge is 0.0821 e. The lowest BCUT2D eigenvalue weighted by molar-refractivity contribution is 0.367. The van der Waals surface area contributed by atoms with Crippen molar-refractivity contribution in [3.05, 3.63) is 16.9 Å². The van der Waals surface area contributed by atoms with Gasteiger partial charge in [-0.05, 0) is 14.1 Å². The largest absolute Gasteiger partial charge is 0.330 e. The van der Waals surface area contributed by atoms with Crippen molar-refractivity contribution in [2.24, 2.45) is 5.73 Å². The van der Waals surface area contributed by atoms with Crippen LogP contribution in [0.1, 0.15) is 18.5 Å². The molecule has 1 atom stereocenters. The first-order valence-electron chi connectivity index (χ1n) is 5.12. The molecule has 1 unspecified atom stereocenters. The van der Waals surface area contributed by atoms with Crippen LogP contribution in [0.2, 0.25) is 5.02 Å². The van der Waals surface area contributed by atoms with Gasteiger partial charge >= 0.3 is 0 Å². The highest BCUT2D eigenvalue weighted by Crippen LogP contribution is 2.23. The molecule has 2 N–H and O–H groups in total. The van der Waals surface area contributed by atoms with Crippen LogP contribution in [-0.4, -0.2) is 41.9 Å². The van der Waals surface area contributed by atoms with Crippen LogP contribution >= 0.6 is 11.6 Å². The van der Waals surface area contributed by atoms with Gasteiger partial charge in [-0.3, -0.25) is 4.68 Å². The van der Waals surface area contributed by atoms with Gasteiger partial charge in [0.25, 0.3) is 0 Å². The molecule has 1 aromatic heterocycles. The summed E-state index contributed by atoms with van der Waals surface area (Å²) in [6.07, 6.45) is 1.69. The van der Waals surface area contributed by atoms with E-state index in [1.165, 1.54) is 0 Å². The summed E-state index contributed by atoms with van der Waals surface area (Å²) in [7, 11) is 4.08. The molecule has 0 saturated carbocycles. The fraction of sp³-hybridized carbons (Fsp3) is 0.700. The van der Waals surface area contributed by atoms with Gasteiger partial charge in [-0.1, -0.05) is 18.5 Å². The average molecular weight is 231 g/mol. The van der Waals surface area contributed by atoms with Crippen LogP contribution in [0.25, 0.3) is 0 Å². The van der Waals surface area contributed by atoms with E-state index in [-0.39, 0.29) is 5.92 Å². The highest BCUT2D eigenvalue weighted by atomic mass is 35.5. The second-order valence-corrected chi connectivity index (χ2v) is 4.45. The zero-order valence-corrected chi connectivity index (χ0v) is 10.3. The van der Waals surface area contributed by atoms with Gasteiger partial charge in [0.1, 0.15) is 0 Å². The van der Waals surface area contributed by atoms with Crippen LogP contribution in [-0.2, 0) is 6.54 Å². The highest BCUT2D eigenvalue weighted by molar-refractivity contribution is 6.31. The van der Waals surface area contributed by atoms with Crippen molar-refractivity contribution >= 4 is 11.6 Å². The molecule has 1 rings (SSSR count). The number of halogens is 1. The lowest BCUT2D eigenvalue weighted by Gasteiger charge is -2.15. The molecule has 0 saturated heterocycles. The van der Waals surface area contributed by atoms with Gasteiger partial charge in [-0.2, -0.15) is 5.10 Å². The number of rotatable bonds is 5. The standard InChI is InChI=1S/C10H19ClN4/c1-8(6-12)10-9(11)7-13-15(10)5-4-14(2)3/h7-8H,4-6,12H2,1-3H3. The average Bonchev–Trinajstić information content (AvgIpc) is 2.55. The first kappa shape index (κ1) is 12.5. The summed E-state index contributed by atoms with van der Waals surface area (Å²) in [6.45, 7) is 4.45. The Morgan fingerprint density at radius 1 is 1.60 bits per heavy atom. The maximum Gasteiger partial charge on any atom is 0.0821 e. The Morgan fingerprint density at radius 3 is 2.80 bits per heavy atom. The summed E-state index contributed by atoms with van der Waals surface area (Å²) in [4.78, 5) is 2.12. The van der Waals surface area contributed by atoms with Crippen LogP contribution < -0.4 is 5.73 Å². The Labute approximate surface area is 96.0 Å². The summed E-state index contributed by atoms with van der Waals surface area (Å²) < 4.78 is 1.94. The second-order valence-electron chi connectivity index (χ2n) is 4.04. The van der Waals surface area contributed by atoms with Crippen molar-refractivity contribution in [3.63, 3.8) is 0 Å². The van der Waals surface area contributed by atoms with Gasteiger partial charge < -0.3 is 10.6 Å². The quantitative estimate of drug-likeness (QED) is 0.826. The molecule has 0 spiro atoms. The number of nitrogens with zero attached hydrogens (tertiary/aromatic N) is 3. The third kappa shape index (κ3) is 3.19. The summed E-state index contributed by atoms with van der Waals surface area (Å²) in [5, 5.41) is 4.97. The molecule has 0 radical (unpaired) electrons. The number of hydrogen-bond donors (Lipinski definition) is 1. The predicted octanol–water partition coefficient (Wildman–Crippen LogP) is 1.16. The van der Waals surface area contributed by atoms with Crippen LogP contribution in [0.5, 0.6) is 0 Å². The summed E-state index contributed by atoms with van der Waals surface area (Å²) in [5.41, 5.74) is 6.69. The normalized spacial score (nSPS) is 13.5. The van der Waals surface area contributed by atoms with E-state index in [9.17, 15) is 0 Å².